The van der Waals surface area contributed by atoms with E-state index in [9.17, 15) is 18.7 Å². The molecule has 186 valence electrons. The number of aliphatic hydroxyl groups is 1. The predicted molar refractivity (Wildman–Crippen MR) is 136 cm³/mol. The molecule has 0 saturated carbocycles. The smallest absolute Gasteiger partial charge is 0.247 e. The van der Waals surface area contributed by atoms with Crippen LogP contribution in [0.5, 0.6) is 11.5 Å². The maximum absolute atomic E-state index is 14.9. The lowest BCUT2D eigenvalue weighted by molar-refractivity contribution is -0.111. The molecule has 2 heterocycles. The minimum Gasteiger partial charge on any atom is -0.494 e. The SMILES string of the molecule is C=CC(=O)Nc1cccc(C)c1Cc1cc2cc(C(O)c3c(F)c(OC)cc(OC)c3F)sc2cn1. The van der Waals surface area contributed by atoms with Crippen LogP contribution in [0.4, 0.5) is 14.5 Å². The molecule has 2 aromatic carbocycles. The number of hydrogen-bond acceptors (Lipinski definition) is 6. The summed E-state index contributed by atoms with van der Waals surface area (Å²) in [4.78, 5) is 16.7. The zero-order valence-electron chi connectivity index (χ0n) is 19.9. The number of aryl methyl sites for hydroxylation is 1. The van der Waals surface area contributed by atoms with Crippen LogP contribution in [-0.4, -0.2) is 30.2 Å². The average molecular weight is 511 g/mol. The van der Waals surface area contributed by atoms with Crippen molar-refractivity contribution in [1.29, 1.82) is 0 Å². The fraction of sp³-hybridized carbons (Fsp3) is 0.185. The number of hydrogen-bond donors (Lipinski definition) is 2. The van der Waals surface area contributed by atoms with E-state index in [1.54, 1.807) is 12.3 Å². The van der Waals surface area contributed by atoms with Crippen molar-refractivity contribution in [1.82, 2.24) is 4.98 Å². The molecule has 4 aromatic rings. The lowest BCUT2D eigenvalue weighted by atomic mass is 10.0. The largest absolute Gasteiger partial charge is 0.494 e. The number of amides is 1. The lowest BCUT2D eigenvalue weighted by Crippen LogP contribution is -2.10. The number of aromatic nitrogens is 1. The molecule has 1 atom stereocenters. The van der Waals surface area contributed by atoms with Gasteiger partial charge in [0, 0.05) is 34.9 Å². The number of anilines is 1. The summed E-state index contributed by atoms with van der Waals surface area (Å²) < 4.78 is 40.5. The number of thiophene rings is 1. The van der Waals surface area contributed by atoms with Gasteiger partial charge in [-0.1, -0.05) is 18.7 Å². The van der Waals surface area contributed by atoms with Crippen molar-refractivity contribution in [2.75, 3.05) is 19.5 Å². The minimum absolute atomic E-state index is 0.232. The summed E-state index contributed by atoms with van der Waals surface area (Å²) in [7, 11) is 2.50. The first-order valence-corrected chi connectivity index (χ1v) is 11.8. The van der Waals surface area contributed by atoms with Crippen LogP contribution >= 0.6 is 11.3 Å². The van der Waals surface area contributed by atoms with E-state index < -0.39 is 23.3 Å². The molecule has 0 aliphatic heterocycles. The fourth-order valence-electron chi connectivity index (χ4n) is 3.95. The number of pyridine rings is 1. The highest BCUT2D eigenvalue weighted by molar-refractivity contribution is 7.19. The topological polar surface area (TPSA) is 80.7 Å². The molecule has 0 aliphatic rings. The molecule has 0 fully saturated rings. The Labute approximate surface area is 210 Å². The van der Waals surface area contributed by atoms with E-state index in [0.717, 1.165) is 33.0 Å². The maximum Gasteiger partial charge on any atom is 0.247 e. The van der Waals surface area contributed by atoms with Crippen molar-refractivity contribution in [2.24, 2.45) is 0 Å². The minimum atomic E-state index is -1.58. The monoisotopic (exact) mass is 510 g/mol. The third-order valence-corrected chi connectivity index (χ3v) is 6.98. The van der Waals surface area contributed by atoms with E-state index >= 15 is 0 Å². The van der Waals surface area contributed by atoms with E-state index in [4.69, 9.17) is 9.47 Å². The van der Waals surface area contributed by atoms with Crippen molar-refractivity contribution in [3.8, 4) is 11.5 Å². The number of fused-ring (bicyclic) bond motifs is 1. The third-order valence-electron chi connectivity index (χ3n) is 5.84. The molecular weight excluding hydrogens is 486 g/mol. The predicted octanol–water partition coefficient (Wildman–Crippen LogP) is 5.70. The molecule has 1 unspecified atom stereocenters. The van der Waals surface area contributed by atoms with E-state index in [1.165, 1.54) is 31.6 Å². The first-order valence-electron chi connectivity index (χ1n) is 11.0. The van der Waals surface area contributed by atoms with E-state index in [-0.39, 0.29) is 17.4 Å². The lowest BCUT2D eigenvalue weighted by Gasteiger charge is -2.16. The summed E-state index contributed by atoms with van der Waals surface area (Å²) in [5.74, 6) is -2.76. The zero-order valence-corrected chi connectivity index (χ0v) is 20.7. The summed E-state index contributed by atoms with van der Waals surface area (Å²) in [5.41, 5.74) is 2.74. The second-order valence-electron chi connectivity index (χ2n) is 8.06. The Balaban J connectivity index is 1.70. The molecule has 0 spiro atoms. The summed E-state index contributed by atoms with van der Waals surface area (Å²) in [6.07, 6.45) is 1.73. The Morgan fingerprint density at radius 1 is 1.19 bits per heavy atom. The highest BCUT2D eigenvalue weighted by atomic mass is 32.1. The molecule has 9 heteroatoms. The van der Waals surface area contributed by atoms with E-state index in [1.807, 2.05) is 31.2 Å². The number of carbonyl (C=O) groups is 1. The van der Waals surface area contributed by atoms with Crippen LogP contribution in [0.25, 0.3) is 10.1 Å². The van der Waals surface area contributed by atoms with Crippen LogP contribution in [-0.2, 0) is 11.2 Å². The second kappa shape index (κ2) is 10.4. The van der Waals surface area contributed by atoms with Gasteiger partial charge >= 0.3 is 0 Å². The Bertz CT molecular complexity index is 1440. The van der Waals surface area contributed by atoms with Gasteiger partial charge in [0.05, 0.1) is 24.5 Å². The number of nitrogens with zero attached hydrogens (tertiary/aromatic N) is 1. The molecule has 0 bridgehead atoms. The highest BCUT2D eigenvalue weighted by Crippen LogP contribution is 2.40. The van der Waals surface area contributed by atoms with Gasteiger partial charge < -0.3 is 19.9 Å². The van der Waals surface area contributed by atoms with Crippen LogP contribution < -0.4 is 14.8 Å². The van der Waals surface area contributed by atoms with Crippen LogP contribution in [0.2, 0.25) is 0 Å². The van der Waals surface area contributed by atoms with Crippen LogP contribution in [0.3, 0.4) is 0 Å². The maximum atomic E-state index is 14.9. The van der Waals surface area contributed by atoms with Gasteiger partial charge in [-0.05, 0) is 47.7 Å². The number of carbonyl (C=O) groups excluding carboxylic acids is 1. The van der Waals surface area contributed by atoms with Crippen molar-refractivity contribution >= 4 is 33.0 Å². The number of benzene rings is 2. The number of halogens is 2. The van der Waals surface area contributed by atoms with Gasteiger partial charge in [0.2, 0.25) is 5.91 Å². The van der Waals surface area contributed by atoms with Crippen LogP contribution in [0.15, 0.2) is 55.3 Å². The summed E-state index contributed by atoms with van der Waals surface area (Å²) in [5, 5.41) is 14.5. The molecule has 4 rings (SSSR count). The van der Waals surface area contributed by atoms with Crippen molar-refractivity contribution in [2.45, 2.75) is 19.4 Å². The number of nitrogens with one attached hydrogen (secondary N) is 1. The first kappa shape index (κ1) is 25.3. The number of rotatable bonds is 8. The Morgan fingerprint density at radius 2 is 1.89 bits per heavy atom. The van der Waals surface area contributed by atoms with Gasteiger partial charge in [-0.3, -0.25) is 9.78 Å². The average Bonchev–Trinajstić information content (AvgIpc) is 3.30. The van der Waals surface area contributed by atoms with Crippen LogP contribution in [0.1, 0.15) is 33.4 Å². The molecule has 6 nitrogen and oxygen atoms in total. The van der Waals surface area contributed by atoms with Crippen molar-refractivity contribution in [3.05, 3.63) is 94.1 Å². The Kier molecular flexibility index (Phi) is 7.32. The summed E-state index contributed by atoms with van der Waals surface area (Å²) >= 11 is 1.18. The van der Waals surface area contributed by atoms with Gasteiger partial charge in [-0.15, -0.1) is 11.3 Å². The molecule has 1 amide bonds. The van der Waals surface area contributed by atoms with Crippen LogP contribution in [0, 0.1) is 18.6 Å². The Morgan fingerprint density at radius 3 is 2.53 bits per heavy atom. The Hall–Kier alpha value is -3.82. The molecule has 0 radical (unpaired) electrons. The quantitative estimate of drug-likeness (QED) is 0.298. The number of aliphatic hydroxyl groups excluding tert-OH is 1. The molecule has 36 heavy (non-hydrogen) atoms. The molecule has 0 aliphatic carbocycles. The van der Waals surface area contributed by atoms with Gasteiger partial charge in [-0.25, -0.2) is 8.78 Å². The normalized spacial score (nSPS) is 11.8. The van der Waals surface area contributed by atoms with E-state index in [2.05, 4.69) is 16.9 Å². The van der Waals surface area contributed by atoms with E-state index in [0.29, 0.717) is 17.0 Å². The molecular formula is C27H24F2N2O4S. The van der Waals surface area contributed by atoms with Gasteiger partial charge in [0.25, 0.3) is 0 Å². The first-order chi connectivity index (χ1) is 17.3. The fourth-order valence-corrected chi connectivity index (χ4v) is 4.96. The number of ether oxygens (including phenoxy) is 2. The van der Waals surface area contributed by atoms with Crippen molar-refractivity contribution < 1.29 is 28.2 Å². The van der Waals surface area contributed by atoms with Gasteiger partial charge in [-0.2, -0.15) is 0 Å². The molecule has 0 saturated heterocycles. The standard InChI is InChI=1S/C27H24F2N2O4S/c1-5-23(32)31-18-8-6-7-14(2)17(18)11-16-9-15-10-21(36-22(15)13-30-16)27(33)24-25(28)19(34-3)12-20(35-4)26(24)29/h5-10,12-13,27,33H,1,11H2,2-4H3,(H,31,32). The highest BCUT2D eigenvalue weighted by Gasteiger charge is 2.28. The summed E-state index contributed by atoms with van der Waals surface area (Å²) in [6.45, 7) is 5.44. The van der Waals surface area contributed by atoms with Gasteiger partial charge in [0.1, 0.15) is 6.10 Å². The zero-order chi connectivity index (χ0) is 26.0. The number of methoxy groups -OCH3 is 2. The third kappa shape index (κ3) is 4.80. The second-order valence-corrected chi connectivity index (χ2v) is 9.17. The van der Waals surface area contributed by atoms with Gasteiger partial charge in [0.15, 0.2) is 23.1 Å². The molecule has 2 N–H and O–H groups in total. The summed E-state index contributed by atoms with van der Waals surface area (Å²) in [6, 6.07) is 10.2. The molecule has 2 aromatic heterocycles. The van der Waals surface area contributed by atoms with Crippen molar-refractivity contribution in [3.63, 3.8) is 0 Å².